The van der Waals surface area contributed by atoms with Crippen LogP contribution >= 0.6 is 0 Å². The molecule has 136 valence electrons. The largest absolute Gasteiger partial charge is 0.354 e. The Balaban J connectivity index is 1.37. The molecule has 7 nitrogen and oxygen atoms in total. The third kappa shape index (κ3) is 2.73. The number of hydrogen-bond donors (Lipinski definition) is 0. The molecule has 0 radical (unpaired) electrons. The lowest BCUT2D eigenvalue weighted by molar-refractivity contribution is 0.0991. The number of hydrogen-bond acceptors (Lipinski definition) is 5. The van der Waals surface area contributed by atoms with Gasteiger partial charge in [-0.25, -0.2) is 14.1 Å². The molecule has 3 aromatic rings. The van der Waals surface area contributed by atoms with E-state index in [0.717, 1.165) is 22.8 Å². The van der Waals surface area contributed by atoms with Gasteiger partial charge in [-0.3, -0.25) is 9.78 Å². The van der Waals surface area contributed by atoms with Crippen LogP contribution in [0.4, 0.5) is 15.9 Å². The van der Waals surface area contributed by atoms with Crippen molar-refractivity contribution in [3.8, 4) is 5.69 Å². The van der Waals surface area contributed by atoms with Crippen LogP contribution in [0.15, 0.2) is 49.1 Å². The Bertz CT molecular complexity index is 987. The van der Waals surface area contributed by atoms with E-state index in [1.54, 1.807) is 34.2 Å². The molecule has 0 N–H and O–H groups in total. The number of pyridine rings is 2. The first-order valence-corrected chi connectivity index (χ1v) is 8.85. The molecule has 3 aromatic heterocycles. The minimum absolute atomic E-state index is 0.132. The summed E-state index contributed by atoms with van der Waals surface area (Å²) in [5, 5.41) is 4.45. The Morgan fingerprint density at radius 3 is 2.74 bits per heavy atom. The van der Waals surface area contributed by atoms with E-state index >= 15 is 0 Å². The molecule has 5 heterocycles. The fourth-order valence-corrected chi connectivity index (χ4v) is 3.56. The standard InChI is InChI=1S/C19H17FN6O/c20-14-5-7-24(12-14)17-4-3-16(9-22-17)26-11-13-10-25(19(27)18(13)23-26)15-2-1-6-21-8-15/h1-4,6,8-9,11,14H,5,7,10,12H2/t14-/m0/s1. The number of amides is 1. The molecule has 2 aliphatic rings. The molecule has 1 atom stereocenters. The fraction of sp³-hybridized carbons (Fsp3) is 0.263. The van der Waals surface area contributed by atoms with Gasteiger partial charge >= 0.3 is 0 Å². The Morgan fingerprint density at radius 1 is 1.15 bits per heavy atom. The van der Waals surface area contributed by atoms with Crippen LogP contribution in [0.2, 0.25) is 0 Å². The summed E-state index contributed by atoms with van der Waals surface area (Å²) in [4.78, 5) is 24.8. The highest BCUT2D eigenvalue weighted by atomic mass is 19.1. The van der Waals surface area contributed by atoms with Gasteiger partial charge in [0, 0.05) is 24.5 Å². The molecule has 0 spiro atoms. The molecule has 0 unspecified atom stereocenters. The third-order valence-electron chi connectivity index (χ3n) is 4.98. The summed E-state index contributed by atoms with van der Waals surface area (Å²) in [7, 11) is 0. The summed E-state index contributed by atoms with van der Waals surface area (Å²) in [6, 6.07) is 7.41. The van der Waals surface area contributed by atoms with Crippen molar-refractivity contribution < 1.29 is 9.18 Å². The Morgan fingerprint density at radius 2 is 2.07 bits per heavy atom. The maximum absolute atomic E-state index is 13.4. The van der Waals surface area contributed by atoms with Crippen LogP contribution in [0, 0.1) is 0 Å². The van der Waals surface area contributed by atoms with Crippen LogP contribution in [-0.2, 0) is 6.54 Å². The third-order valence-corrected chi connectivity index (χ3v) is 4.98. The lowest BCUT2D eigenvalue weighted by atomic mass is 10.3. The van der Waals surface area contributed by atoms with Crippen molar-refractivity contribution >= 4 is 17.4 Å². The lowest BCUT2D eigenvalue weighted by Gasteiger charge is -2.16. The normalized spacial score (nSPS) is 19.0. The van der Waals surface area contributed by atoms with Crippen molar-refractivity contribution in [2.24, 2.45) is 0 Å². The number of aromatic nitrogens is 4. The smallest absolute Gasteiger partial charge is 0.279 e. The number of nitrogens with zero attached hydrogens (tertiary/aromatic N) is 6. The van der Waals surface area contributed by atoms with Gasteiger partial charge < -0.3 is 9.80 Å². The zero-order chi connectivity index (χ0) is 18.4. The second-order valence-corrected chi connectivity index (χ2v) is 6.76. The van der Waals surface area contributed by atoms with Gasteiger partial charge in [0.25, 0.3) is 5.91 Å². The average Bonchev–Trinajstić information content (AvgIpc) is 3.39. The fourth-order valence-electron chi connectivity index (χ4n) is 3.56. The number of alkyl halides is 1. The number of carbonyl (C=O) groups excluding carboxylic acids is 1. The summed E-state index contributed by atoms with van der Waals surface area (Å²) >= 11 is 0. The van der Waals surface area contributed by atoms with Crippen LogP contribution in [0.1, 0.15) is 22.5 Å². The Labute approximate surface area is 155 Å². The second kappa shape index (κ2) is 6.15. The molecule has 1 saturated heterocycles. The molecule has 1 fully saturated rings. The highest BCUT2D eigenvalue weighted by Gasteiger charge is 2.32. The van der Waals surface area contributed by atoms with Crippen LogP contribution in [0.25, 0.3) is 5.69 Å². The van der Waals surface area contributed by atoms with Gasteiger partial charge in [0.2, 0.25) is 0 Å². The van der Waals surface area contributed by atoms with Gasteiger partial charge in [-0.15, -0.1) is 0 Å². The van der Waals surface area contributed by atoms with Crippen molar-refractivity contribution in [3.63, 3.8) is 0 Å². The second-order valence-electron chi connectivity index (χ2n) is 6.76. The van der Waals surface area contributed by atoms with Gasteiger partial charge in [-0.1, -0.05) is 0 Å². The molecule has 0 saturated carbocycles. The van der Waals surface area contributed by atoms with Crippen molar-refractivity contribution in [2.75, 3.05) is 22.9 Å². The summed E-state index contributed by atoms with van der Waals surface area (Å²) in [5.41, 5.74) is 2.84. The SMILES string of the molecule is O=C1c2nn(-c3ccc(N4CC[C@H](F)C4)nc3)cc2CN1c1cccnc1. The van der Waals surface area contributed by atoms with E-state index in [1.165, 1.54) is 0 Å². The highest BCUT2D eigenvalue weighted by Crippen LogP contribution is 2.28. The van der Waals surface area contributed by atoms with Crippen LogP contribution in [0.5, 0.6) is 0 Å². The van der Waals surface area contributed by atoms with Crippen molar-refractivity contribution in [2.45, 2.75) is 19.1 Å². The first kappa shape index (κ1) is 15.9. The van der Waals surface area contributed by atoms with Gasteiger partial charge in [0.15, 0.2) is 5.69 Å². The Hall–Kier alpha value is -3.29. The topological polar surface area (TPSA) is 67.2 Å². The number of carbonyl (C=O) groups is 1. The number of halogens is 1. The minimum atomic E-state index is -0.783. The highest BCUT2D eigenvalue weighted by molar-refractivity contribution is 6.08. The summed E-state index contributed by atoms with van der Waals surface area (Å²) in [6.45, 7) is 1.54. The molecule has 0 aromatic carbocycles. The molecule has 8 heteroatoms. The summed E-state index contributed by atoms with van der Waals surface area (Å²) < 4.78 is 15.0. The van der Waals surface area contributed by atoms with Gasteiger partial charge in [-0.05, 0) is 30.7 Å². The van der Waals surface area contributed by atoms with Crippen LogP contribution < -0.4 is 9.80 Å². The maximum atomic E-state index is 13.4. The predicted octanol–water partition coefficient (Wildman–Crippen LogP) is 2.37. The molecule has 0 bridgehead atoms. The molecular weight excluding hydrogens is 347 g/mol. The van der Waals surface area contributed by atoms with Crippen molar-refractivity contribution in [1.82, 2.24) is 19.7 Å². The molecule has 27 heavy (non-hydrogen) atoms. The van der Waals surface area contributed by atoms with Gasteiger partial charge in [0.1, 0.15) is 12.0 Å². The average molecular weight is 364 g/mol. The quantitative estimate of drug-likeness (QED) is 0.714. The first-order chi connectivity index (χ1) is 13.2. The molecular formula is C19H17FN6O. The summed E-state index contributed by atoms with van der Waals surface area (Å²) in [6.07, 6.45) is 6.66. The van der Waals surface area contributed by atoms with Crippen LogP contribution in [0.3, 0.4) is 0 Å². The van der Waals surface area contributed by atoms with E-state index in [1.807, 2.05) is 29.3 Å². The van der Waals surface area contributed by atoms with E-state index < -0.39 is 6.17 Å². The van der Waals surface area contributed by atoms with E-state index in [2.05, 4.69) is 15.1 Å². The molecule has 1 amide bonds. The first-order valence-electron chi connectivity index (χ1n) is 8.85. The maximum Gasteiger partial charge on any atom is 0.279 e. The lowest BCUT2D eigenvalue weighted by Crippen LogP contribution is -2.24. The number of anilines is 2. The van der Waals surface area contributed by atoms with Crippen molar-refractivity contribution in [1.29, 1.82) is 0 Å². The number of fused-ring (bicyclic) bond motifs is 1. The van der Waals surface area contributed by atoms with E-state index in [0.29, 0.717) is 31.7 Å². The predicted molar refractivity (Wildman–Crippen MR) is 97.8 cm³/mol. The monoisotopic (exact) mass is 364 g/mol. The van der Waals surface area contributed by atoms with Crippen molar-refractivity contribution in [3.05, 3.63) is 60.3 Å². The van der Waals surface area contributed by atoms with E-state index in [4.69, 9.17) is 0 Å². The van der Waals surface area contributed by atoms with Crippen LogP contribution in [-0.4, -0.2) is 44.9 Å². The molecule has 0 aliphatic carbocycles. The van der Waals surface area contributed by atoms with E-state index in [9.17, 15) is 9.18 Å². The zero-order valence-electron chi connectivity index (χ0n) is 14.5. The summed E-state index contributed by atoms with van der Waals surface area (Å²) in [5.74, 6) is 0.629. The van der Waals surface area contributed by atoms with Gasteiger partial charge in [-0.2, -0.15) is 5.10 Å². The minimum Gasteiger partial charge on any atom is -0.354 e. The number of rotatable bonds is 3. The Kier molecular flexibility index (Phi) is 3.63. The van der Waals surface area contributed by atoms with Gasteiger partial charge in [0.05, 0.1) is 36.9 Å². The molecule has 5 rings (SSSR count). The van der Waals surface area contributed by atoms with E-state index in [-0.39, 0.29) is 5.91 Å². The zero-order valence-corrected chi connectivity index (χ0v) is 14.5. The molecule has 2 aliphatic heterocycles.